The molecule has 0 N–H and O–H groups in total. The van der Waals surface area contributed by atoms with Gasteiger partial charge in [0.25, 0.3) is 0 Å². The van der Waals surface area contributed by atoms with Crippen molar-refractivity contribution in [3.8, 4) is 102 Å². The molecule has 0 bridgehead atoms. The van der Waals surface area contributed by atoms with Crippen molar-refractivity contribution in [1.29, 1.82) is 0 Å². The van der Waals surface area contributed by atoms with E-state index >= 15 is 0 Å². The summed E-state index contributed by atoms with van der Waals surface area (Å²) in [7, 11) is 0. The summed E-state index contributed by atoms with van der Waals surface area (Å²) in [4.78, 5) is 39.4. The van der Waals surface area contributed by atoms with Crippen molar-refractivity contribution in [2.45, 2.75) is 0 Å². The lowest BCUT2D eigenvalue weighted by Gasteiger charge is -2.12. The number of aromatic nitrogens is 8. The standard InChI is InChI=1S/C52H34N8/c1-5-15-36(16-6-1)44-34-45(57-49(56-44)38-17-7-2-8-18-38)37-26-24-35(25-27-37)42-32-47(43-23-13-14-29-53-43)55-48(33-42)46-31-41(28-30-54-46)52-59-50(39-19-9-3-10-20-39)58-51(60-52)40-21-11-4-12-22-40/h1-34H. The molecule has 8 heteroatoms. The van der Waals surface area contributed by atoms with Gasteiger partial charge in [0.05, 0.1) is 34.2 Å². The van der Waals surface area contributed by atoms with E-state index in [1.165, 1.54) is 0 Å². The lowest BCUT2D eigenvalue weighted by Crippen LogP contribution is -2.00. The van der Waals surface area contributed by atoms with E-state index in [9.17, 15) is 0 Å². The van der Waals surface area contributed by atoms with Gasteiger partial charge in [-0.05, 0) is 53.6 Å². The summed E-state index contributed by atoms with van der Waals surface area (Å²) in [5.41, 5.74) is 12.1. The van der Waals surface area contributed by atoms with Gasteiger partial charge in [0.15, 0.2) is 23.3 Å². The van der Waals surface area contributed by atoms with E-state index < -0.39 is 0 Å². The summed E-state index contributed by atoms with van der Waals surface area (Å²) in [5, 5.41) is 0. The monoisotopic (exact) mass is 770 g/mol. The zero-order valence-corrected chi connectivity index (χ0v) is 32.2. The molecule has 10 rings (SSSR count). The summed E-state index contributed by atoms with van der Waals surface area (Å²) in [6.07, 6.45) is 3.55. The number of hydrogen-bond acceptors (Lipinski definition) is 8. The van der Waals surface area contributed by atoms with Crippen molar-refractivity contribution in [1.82, 2.24) is 39.9 Å². The summed E-state index contributed by atoms with van der Waals surface area (Å²) < 4.78 is 0. The predicted octanol–water partition coefficient (Wildman–Crippen LogP) is 11.8. The molecule has 0 saturated heterocycles. The van der Waals surface area contributed by atoms with Crippen LogP contribution in [0.15, 0.2) is 207 Å². The molecule has 8 nitrogen and oxygen atoms in total. The van der Waals surface area contributed by atoms with Crippen LogP contribution in [0.5, 0.6) is 0 Å². The van der Waals surface area contributed by atoms with Gasteiger partial charge in [-0.15, -0.1) is 0 Å². The zero-order chi connectivity index (χ0) is 40.1. The van der Waals surface area contributed by atoms with Crippen molar-refractivity contribution < 1.29 is 0 Å². The average Bonchev–Trinajstić information content (AvgIpc) is 3.35. The molecule has 60 heavy (non-hydrogen) atoms. The zero-order valence-electron chi connectivity index (χ0n) is 32.2. The van der Waals surface area contributed by atoms with E-state index in [-0.39, 0.29) is 0 Å². The Morgan fingerprint density at radius 2 is 0.617 bits per heavy atom. The molecule has 0 spiro atoms. The highest BCUT2D eigenvalue weighted by atomic mass is 15.0. The Balaban J connectivity index is 1.05. The number of pyridine rings is 3. The van der Waals surface area contributed by atoms with Crippen LogP contribution in [-0.4, -0.2) is 39.9 Å². The van der Waals surface area contributed by atoms with Crippen LogP contribution in [0.4, 0.5) is 0 Å². The molecule has 0 fully saturated rings. The molecule has 5 aromatic carbocycles. The van der Waals surface area contributed by atoms with Crippen molar-refractivity contribution in [3.05, 3.63) is 207 Å². The summed E-state index contributed by atoms with van der Waals surface area (Å²) in [6.45, 7) is 0. The van der Waals surface area contributed by atoms with E-state index in [1.807, 2.05) is 140 Å². The maximum absolute atomic E-state index is 5.11. The lowest BCUT2D eigenvalue weighted by atomic mass is 9.99. The van der Waals surface area contributed by atoms with E-state index in [1.54, 1.807) is 12.4 Å². The Labute approximate surface area is 347 Å². The van der Waals surface area contributed by atoms with Crippen LogP contribution in [0.3, 0.4) is 0 Å². The first kappa shape index (κ1) is 36.0. The summed E-state index contributed by atoms with van der Waals surface area (Å²) in [6, 6.07) is 64.6. The Bertz CT molecular complexity index is 2940. The Hall–Kier alpha value is -8.36. The molecule has 0 radical (unpaired) electrons. The second-order valence-electron chi connectivity index (χ2n) is 14.1. The van der Waals surface area contributed by atoms with Crippen LogP contribution >= 0.6 is 0 Å². The van der Waals surface area contributed by atoms with E-state index in [0.29, 0.717) is 34.7 Å². The van der Waals surface area contributed by atoms with E-state index in [0.717, 1.165) is 67.3 Å². The fraction of sp³-hybridized carbons (Fsp3) is 0. The third-order valence-electron chi connectivity index (χ3n) is 10.1. The minimum Gasteiger partial charge on any atom is -0.255 e. The Morgan fingerprint density at radius 1 is 0.200 bits per heavy atom. The molecular weight excluding hydrogens is 737 g/mol. The van der Waals surface area contributed by atoms with Gasteiger partial charge in [0, 0.05) is 45.8 Å². The smallest absolute Gasteiger partial charge is 0.164 e. The van der Waals surface area contributed by atoms with Gasteiger partial charge in [-0.3, -0.25) is 9.97 Å². The highest BCUT2D eigenvalue weighted by Gasteiger charge is 2.16. The van der Waals surface area contributed by atoms with Gasteiger partial charge in [-0.25, -0.2) is 29.9 Å². The van der Waals surface area contributed by atoms with Crippen LogP contribution in [0.25, 0.3) is 102 Å². The highest BCUT2D eigenvalue weighted by Crippen LogP contribution is 2.33. The minimum atomic E-state index is 0.540. The molecule has 0 aliphatic heterocycles. The lowest BCUT2D eigenvalue weighted by molar-refractivity contribution is 1.07. The van der Waals surface area contributed by atoms with Crippen molar-refractivity contribution >= 4 is 0 Å². The molecule has 282 valence electrons. The topological polar surface area (TPSA) is 103 Å². The fourth-order valence-corrected chi connectivity index (χ4v) is 7.02. The first-order valence-corrected chi connectivity index (χ1v) is 19.6. The third kappa shape index (κ3) is 7.68. The van der Waals surface area contributed by atoms with E-state index in [4.69, 9.17) is 34.9 Å². The van der Waals surface area contributed by atoms with Crippen molar-refractivity contribution in [2.24, 2.45) is 0 Å². The predicted molar refractivity (Wildman–Crippen MR) is 238 cm³/mol. The van der Waals surface area contributed by atoms with Crippen LogP contribution in [0, 0.1) is 0 Å². The molecular formula is C52H34N8. The SMILES string of the molecule is c1ccc(-c2cc(-c3ccc(-c4cc(-c5ccccn5)nc(-c5cc(-c6nc(-c7ccccc7)nc(-c7ccccc7)n6)ccn5)c4)cc3)nc(-c3ccccc3)n2)cc1. The quantitative estimate of drug-likeness (QED) is 0.143. The van der Waals surface area contributed by atoms with Gasteiger partial charge in [0.2, 0.25) is 0 Å². The van der Waals surface area contributed by atoms with Crippen molar-refractivity contribution in [2.75, 3.05) is 0 Å². The average molecular weight is 771 g/mol. The number of nitrogens with zero attached hydrogens (tertiary/aromatic N) is 8. The van der Waals surface area contributed by atoms with Gasteiger partial charge in [-0.2, -0.15) is 0 Å². The van der Waals surface area contributed by atoms with Crippen LogP contribution in [-0.2, 0) is 0 Å². The van der Waals surface area contributed by atoms with Crippen LogP contribution in [0.1, 0.15) is 0 Å². The van der Waals surface area contributed by atoms with E-state index in [2.05, 4.69) is 59.6 Å². The summed E-state index contributed by atoms with van der Waals surface area (Å²) >= 11 is 0. The Kier molecular flexibility index (Phi) is 9.75. The molecule has 0 saturated carbocycles. The van der Waals surface area contributed by atoms with Crippen molar-refractivity contribution in [3.63, 3.8) is 0 Å². The largest absolute Gasteiger partial charge is 0.255 e. The molecule has 0 aliphatic rings. The molecule has 0 amide bonds. The molecule has 10 aromatic rings. The molecule has 0 unspecified atom stereocenters. The van der Waals surface area contributed by atoms with Crippen LogP contribution < -0.4 is 0 Å². The number of benzene rings is 5. The fourth-order valence-electron chi connectivity index (χ4n) is 7.02. The van der Waals surface area contributed by atoms with Gasteiger partial charge < -0.3 is 0 Å². The molecule has 0 atom stereocenters. The van der Waals surface area contributed by atoms with Gasteiger partial charge in [-0.1, -0.05) is 152 Å². The first-order valence-electron chi connectivity index (χ1n) is 19.6. The number of hydrogen-bond donors (Lipinski definition) is 0. The maximum Gasteiger partial charge on any atom is 0.164 e. The summed E-state index contributed by atoms with van der Waals surface area (Å²) in [5.74, 6) is 2.40. The van der Waals surface area contributed by atoms with Crippen LogP contribution in [0.2, 0.25) is 0 Å². The second kappa shape index (κ2) is 16.2. The molecule has 0 aliphatic carbocycles. The Morgan fingerprint density at radius 3 is 1.15 bits per heavy atom. The molecule has 5 aromatic heterocycles. The minimum absolute atomic E-state index is 0.540. The third-order valence-corrected chi connectivity index (χ3v) is 10.1. The second-order valence-corrected chi connectivity index (χ2v) is 14.1. The van der Waals surface area contributed by atoms with Gasteiger partial charge >= 0.3 is 0 Å². The maximum atomic E-state index is 5.11. The normalized spacial score (nSPS) is 11.0. The first-order chi connectivity index (χ1) is 29.7. The number of rotatable bonds is 9. The highest BCUT2D eigenvalue weighted by molar-refractivity contribution is 5.79. The molecule has 5 heterocycles. The van der Waals surface area contributed by atoms with Gasteiger partial charge in [0.1, 0.15) is 0 Å².